The van der Waals surface area contributed by atoms with Crippen LogP contribution in [-0.4, -0.2) is 31.8 Å². The molecule has 0 aromatic carbocycles. The molecule has 0 aliphatic rings. The number of nitrogens with zero attached hydrogens (tertiary/aromatic N) is 1. The van der Waals surface area contributed by atoms with Crippen molar-refractivity contribution >= 4 is 11.6 Å². The van der Waals surface area contributed by atoms with Crippen molar-refractivity contribution in [1.82, 2.24) is 4.98 Å². The van der Waals surface area contributed by atoms with Gasteiger partial charge in [-0.2, -0.15) is 0 Å². The van der Waals surface area contributed by atoms with Crippen LogP contribution >= 0.6 is 0 Å². The molecule has 2 N–H and O–H groups in total. The number of unbranched alkanes of at least 4 members (excludes halogenated alkanes) is 1. The molecule has 0 unspecified atom stereocenters. The van der Waals surface area contributed by atoms with Gasteiger partial charge in [0.1, 0.15) is 11.6 Å². The van der Waals surface area contributed by atoms with E-state index in [1.807, 2.05) is 25.2 Å². The van der Waals surface area contributed by atoms with Gasteiger partial charge in [0.05, 0.1) is 6.61 Å². The van der Waals surface area contributed by atoms with Gasteiger partial charge in [0.15, 0.2) is 0 Å². The summed E-state index contributed by atoms with van der Waals surface area (Å²) in [7, 11) is 1.86. The van der Waals surface area contributed by atoms with Crippen LogP contribution < -0.4 is 10.6 Å². The minimum atomic E-state index is 0.728. The van der Waals surface area contributed by atoms with E-state index in [1.54, 1.807) is 0 Å². The highest BCUT2D eigenvalue weighted by molar-refractivity contribution is 5.44. The molecule has 1 heterocycles. The largest absolute Gasteiger partial charge is 0.380 e. The molecule has 0 saturated carbocycles. The summed E-state index contributed by atoms with van der Waals surface area (Å²) in [4.78, 5) is 4.35. The van der Waals surface area contributed by atoms with Crippen LogP contribution in [0.1, 0.15) is 19.8 Å². The van der Waals surface area contributed by atoms with Gasteiger partial charge in [-0.15, -0.1) is 0 Å². The van der Waals surface area contributed by atoms with E-state index in [-0.39, 0.29) is 0 Å². The van der Waals surface area contributed by atoms with Crippen molar-refractivity contribution < 1.29 is 4.74 Å². The van der Waals surface area contributed by atoms with Crippen molar-refractivity contribution in [2.75, 3.05) is 37.4 Å². The van der Waals surface area contributed by atoms with Crippen LogP contribution in [0.4, 0.5) is 11.6 Å². The molecule has 0 radical (unpaired) electrons. The van der Waals surface area contributed by atoms with Crippen molar-refractivity contribution in [3.8, 4) is 0 Å². The smallest absolute Gasteiger partial charge is 0.128 e. The number of anilines is 2. The number of nitrogens with one attached hydrogen (secondary N) is 2. The Kier molecular flexibility index (Phi) is 6.33. The molecule has 4 nitrogen and oxygen atoms in total. The molecule has 0 atom stereocenters. The van der Waals surface area contributed by atoms with Crippen LogP contribution in [0.3, 0.4) is 0 Å². The van der Waals surface area contributed by atoms with Crippen molar-refractivity contribution in [3.05, 3.63) is 18.2 Å². The average Bonchev–Trinajstić information content (AvgIpc) is 2.34. The fraction of sp³-hybridized carbons (Fsp3) is 0.583. The van der Waals surface area contributed by atoms with Gasteiger partial charge in [0.2, 0.25) is 0 Å². The van der Waals surface area contributed by atoms with Crippen LogP contribution in [-0.2, 0) is 4.74 Å². The molecule has 1 aromatic rings. The number of hydrogen-bond acceptors (Lipinski definition) is 4. The second-order valence-corrected chi connectivity index (χ2v) is 3.55. The third-order valence-corrected chi connectivity index (χ3v) is 2.20. The van der Waals surface area contributed by atoms with E-state index in [4.69, 9.17) is 4.74 Å². The molecule has 4 heteroatoms. The van der Waals surface area contributed by atoms with Gasteiger partial charge >= 0.3 is 0 Å². The molecule has 1 rings (SSSR count). The molecule has 0 amide bonds. The molecule has 0 fully saturated rings. The summed E-state index contributed by atoms with van der Waals surface area (Å²) in [5.74, 6) is 1.75. The van der Waals surface area contributed by atoms with E-state index in [0.29, 0.717) is 0 Å². The van der Waals surface area contributed by atoms with E-state index in [2.05, 4.69) is 22.5 Å². The minimum Gasteiger partial charge on any atom is -0.380 e. The Bertz CT molecular complexity index is 291. The number of rotatable bonds is 8. The fourth-order valence-corrected chi connectivity index (χ4v) is 1.27. The summed E-state index contributed by atoms with van der Waals surface area (Å²) in [5.41, 5.74) is 0. The molecule has 0 bridgehead atoms. The first-order valence-electron chi connectivity index (χ1n) is 5.83. The number of aromatic nitrogens is 1. The number of pyridine rings is 1. The van der Waals surface area contributed by atoms with E-state index in [0.717, 1.165) is 37.8 Å². The fourth-order valence-electron chi connectivity index (χ4n) is 1.27. The first-order chi connectivity index (χ1) is 7.86. The Morgan fingerprint density at radius 2 is 2.06 bits per heavy atom. The van der Waals surface area contributed by atoms with Crippen molar-refractivity contribution in [2.45, 2.75) is 19.8 Å². The second-order valence-electron chi connectivity index (χ2n) is 3.55. The molecular weight excluding hydrogens is 202 g/mol. The summed E-state index contributed by atoms with van der Waals surface area (Å²) in [6.45, 7) is 4.53. The minimum absolute atomic E-state index is 0.728. The Balaban J connectivity index is 2.16. The predicted octanol–water partition coefficient (Wildman–Crippen LogP) is 2.35. The van der Waals surface area contributed by atoms with E-state index in [9.17, 15) is 0 Å². The lowest BCUT2D eigenvalue weighted by Gasteiger charge is -2.07. The van der Waals surface area contributed by atoms with Crippen LogP contribution in [0, 0.1) is 0 Å². The van der Waals surface area contributed by atoms with Gasteiger partial charge in [-0.05, 0) is 18.6 Å². The SMILES string of the molecule is CCCCOCCNc1cccc(NC)n1. The maximum Gasteiger partial charge on any atom is 0.128 e. The quantitative estimate of drug-likeness (QED) is 0.664. The highest BCUT2D eigenvalue weighted by Crippen LogP contribution is 2.07. The Labute approximate surface area is 97.4 Å². The Morgan fingerprint density at radius 1 is 1.25 bits per heavy atom. The zero-order valence-corrected chi connectivity index (χ0v) is 10.1. The Morgan fingerprint density at radius 3 is 2.81 bits per heavy atom. The lowest BCUT2D eigenvalue weighted by Crippen LogP contribution is -2.11. The molecular formula is C12H21N3O. The lowest BCUT2D eigenvalue weighted by atomic mass is 10.4. The van der Waals surface area contributed by atoms with Crippen LogP contribution in [0.15, 0.2) is 18.2 Å². The summed E-state index contributed by atoms with van der Waals surface area (Å²) in [6, 6.07) is 5.86. The highest BCUT2D eigenvalue weighted by Gasteiger charge is 1.94. The maximum absolute atomic E-state index is 5.45. The molecule has 0 spiro atoms. The second kappa shape index (κ2) is 7.93. The lowest BCUT2D eigenvalue weighted by molar-refractivity contribution is 0.141. The van der Waals surface area contributed by atoms with Crippen LogP contribution in [0.2, 0.25) is 0 Å². The Hall–Kier alpha value is -1.29. The summed E-state index contributed by atoms with van der Waals surface area (Å²) in [5, 5.41) is 6.22. The van der Waals surface area contributed by atoms with Crippen molar-refractivity contribution in [3.63, 3.8) is 0 Å². The van der Waals surface area contributed by atoms with Gasteiger partial charge < -0.3 is 15.4 Å². The van der Waals surface area contributed by atoms with Gasteiger partial charge in [-0.1, -0.05) is 19.4 Å². The highest BCUT2D eigenvalue weighted by atomic mass is 16.5. The van der Waals surface area contributed by atoms with Crippen LogP contribution in [0.5, 0.6) is 0 Å². The summed E-state index contributed by atoms with van der Waals surface area (Å²) < 4.78 is 5.45. The third-order valence-electron chi connectivity index (χ3n) is 2.20. The average molecular weight is 223 g/mol. The standard InChI is InChI=1S/C12H21N3O/c1-3-4-9-16-10-8-14-12-7-5-6-11(13-2)15-12/h5-7H,3-4,8-10H2,1-2H3,(H2,13,14,15). The van der Waals surface area contributed by atoms with E-state index < -0.39 is 0 Å². The van der Waals surface area contributed by atoms with E-state index >= 15 is 0 Å². The van der Waals surface area contributed by atoms with Gasteiger partial charge in [0.25, 0.3) is 0 Å². The zero-order valence-electron chi connectivity index (χ0n) is 10.1. The first kappa shape index (κ1) is 12.8. The zero-order chi connectivity index (χ0) is 11.6. The van der Waals surface area contributed by atoms with Gasteiger partial charge in [0, 0.05) is 20.2 Å². The van der Waals surface area contributed by atoms with Gasteiger partial charge in [-0.25, -0.2) is 4.98 Å². The molecule has 0 aliphatic carbocycles. The molecule has 1 aromatic heterocycles. The van der Waals surface area contributed by atoms with Crippen molar-refractivity contribution in [1.29, 1.82) is 0 Å². The van der Waals surface area contributed by atoms with Crippen LogP contribution in [0.25, 0.3) is 0 Å². The number of ether oxygens (including phenoxy) is 1. The normalized spacial score (nSPS) is 10.1. The predicted molar refractivity (Wildman–Crippen MR) is 68.0 cm³/mol. The summed E-state index contributed by atoms with van der Waals surface area (Å²) >= 11 is 0. The van der Waals surface area contributed by atoms with Gasteiger partial charge in [-0.3, -0.25) is 0 Å². The first-order valence-corrected chi connectivity index (χ1v) is 5.83. The number of hydrogen-bond donors (Lipinski definition) is 2. The maximum atomic E-state index is 5.45. The third kappa shape index (κ3) is 4.98. The molecule has 16 heavy (non-hydrogen) atoms. The summed E-state index contributed by atoms with van der Waals surface area (Å²) in [6.07, 6.45) is 2.31. The van der Waals surface area contributed by atoms with Crippen molar-refractivity contribution in [2.24, 2.45) is 0 Å². The molecule has 0 saturated heterocycles. The monoisotopic (exact) mass is 223 g/mol. The molecule has 90 valence electrons. The topological polar surface area (TPSA) is 46.2 Å². The van der Waals surface area contributed by atoms with E-state index in [1.165, 1.54) is 6.42 Å². The molecule has 0 aliphatic heterocycles.